The van der Waals surface area contributed by atoms with Gasteiger partial charge in [-0.15, -0.1) is 0 Å². The Kier molecular flexibility index (Phi) is 6.29. The van der Waals surface area contributed by atoms with Crippen LogP contribution < -0.4 is 10.2 Å². The lowest BCUT2D eigenvalue weighted by atomic mass is 10.0. The lowest BCUT2D eigenvalue weighted by molar-refractivity contribution is 0.0600. The predicted octanol–water partition coefficient (Wildman–Crippen LogP) is 3.47. The van der Waals surface area contributed by atoms with Gasteiger partial charge in [0.2, 0.25) is 0 Å². The third-order valence-electron chi connectivity index (χ3n) is 5.37. The van der Waals surface area contributed by atoms with Crippen LogP contribution in [0.15, 0.2) is 61.1 Å². The number of nitrogens with one attached hydrogen (secondary N) is 1. The van der Waals surface area contributed by atoms with Gasteiger partial charge in [0.15, 0.2) is 0 Å². The van der Waals surface area contributed by atoms with Crippen molar-refractivity contribution in [2.45, 2.75) is 0 Å². The van der Waals surface area contributed by atoms with Crippen molar-refractivity contribution in [2.24, 2.45) is 0 Å². The minimum atomic E-state index is -0.599. The van der Waals surface area contributed by atoms with Crippen molar-refractivity contribution in [3.8, 4) is 11.1 Å². The SMILES string of the molecule is CNC(=O)c1ccc(-c2cnn3cnc(C(=O)N(C)c4ccc(Cl)c(C(=O)OC)c4)cc23)cc1. The zero-order valence-electron chi connectivity index (χ0n) is 18.6. The molecular formula is C24H20ClN5O4. The Bertz CT molecular complexity index is 1410. The minimum Gasteiger partial charge on any atom is -0.465 e. The molecule has 0 atom stereocenters. The molecule has 2 heterocycles. The highest BCUT2D eigenvalue weighted by Gasteiger charge is 2.20. The number of carbonyl (C=O) groups is 3. The summed E-state index contributed by atoms with van der Waals surface area (Å²) in [6, 6.07) is 13.4. The summed E-state index contributed by atoms with van der Waals surface area (Å²) < 4.78 is 6.31. The number of benzene rings is 2. The first-order valence-corrected chi connectivity index (χ1v) is 10.5. The normalized spacial score (nSPS) is 10.7. The van der Waals surface area contributed by atoms with Gasteiger partial charge in [-0.3, -0.25) is 9.59 Å². The zero-order chi connectivity index (χ0) is 24.4. The van der Waals surface area contributed by atoms with Gasteiger partial charge in [-0.25, -0.2) is 14.3 Å². The fourth-order valence-electron chi connectivity index (χ4n) is 3.45. The van der Waals surface area contributed by atoms with E-state index in [4.69, 9.17) is 16.3 Å². The largest absolute Gasteiger partial charge is 0.465 e. The number of carbonyl (C=O) groups excluding carboxylic acids is 3. The van der Waals surface area contributed by atoms with E-state index in [1.54, 1.807) is 49.1 Å². The van der Waals surface area contributed by atoms with Crippen LogP contribution in [0.1, 0.15) is 31.2 Å². The van der Waals surface area contributed by atoms with Crippen LogP contribution in [0.4, 0.5) is 5.69 Å². The molecule has 172 valence electrons. The van der Waals surface area contributed by atoms with Crippen molar-refractivity contribution in [3.05, 3.63) is 82.9 Å². The smallest absolute Gasteiger partial charge is 0.339 e. The van der Waals surface area contributed by atoms with E-state index in [2.05, 4.69) is 15.4 Å². The Morgan fingerprint density at radius 1 is 1.09 bits per heavy atom. The van der Waals surface area contributed by atoms with Gasteiger partial charge < -0.3 is 15.0 Å². The highest BCUT2D eigenvalue weighted by Crippen LogP contribution is 2.27. The van der Waals surface area contributed by atoms with Crippen molar-refractivity contribution in [1.29, 1.82) is 0 Å². The van der Waals surface area contributed by atoms with E-state index < -0.39 is 5.97 Å². The van der Waals surface area contributed by atoms with Gasteiger partial charge in [0.25, 0.3) is 11.8 Å². The highest BCUT2D eigenvalue weighted by atomic mass is 35.5. The quantitative estimate of drug-likeness (QED) is 0.441. The van der Waals surface area contributed by atoms with Gasteiger partial charge in [-0.2, -0.15) is 5.10 Å². The summed E-state index contributed by atoms with van der Waals surface area (Å²) in [6.45, 7) is 0. The van der Waals surface area contributed by atoms with Crippen molar-refractivity contribution >= 4 is 40.6 Å². The highest BCUT2D eigenvalue weighted by molar-refractivity contribution is 6.33. The molecule has 10 heteroatoms. The number of fused-ring (bicyclic) bond motifs is 1. The summed E-state index contributed by atoms with van der Waals surface area (Å²) in [7, 11) is 4.41. The topological polar surface area (TPSA) is 106 Å². The maximum Gasteiger partial charge on any atom is 0.339 e. The van der Waals surface area contributed by atoms with Gasteiger partial charge in [-0.1, -0.05) is 23.7 Å². The monoisotopic (exact) mass is 477 g/mol. The summed E-state index contributed by atoms with van der Waals surface area (Å²) in [5.41, 5.74) is 3.62. The molecule has 2 aromatic heterocycles. The van der Waals surface area contributed by atoms with E-state index in [9.17, 15) is 14.4 Å². The first-order valence-electron chi connectivity index (χ1n) is 10.2. The number of amides is 2. The Labute approximate surface area is 199 Å². The number of halogens is 1. The second kappa shape index (κ2) is 9.32. The zero-order valence-corrected chi connectivity index (χ0v) is 19.3. The molecule has 0 bridgehead atoms. The Balaban J connectivity index is 1.67. The molecule has 4 aromatic rings. The van der Waals surface area contributed by atoms with E-state index in [-0.39, 0.29) is 28.1 Å². The summed E-state index contributed by atoms with van der Waals surface area (Å²) in [5.74, 6) is -1.16. The maximum absolute atomic E-state index is 13.2. The molecular weight excluding hydrogens is 458 g/mol. The van der Waals surface area contributed by atoms with Crippen LogP contribution in [0.2, 0.25) is 5.02 Å². The van der Waals surface area contributed by atoms with Crippen LogP contribution in [-0.2, 0) is 4.74 Å². The first kappa shape index (κ1) is 22.9. The molecule has 4 rings (SSSR count). The molecule has 0 unspecified atom stereocenters. The predicted molar refractivity (Wildman–Crippen MR) is 127 cm³/mol. The fraction of sp³-hybridized carbons (Fsp3) is 0.125. The Morgan fingerprint density at radius 3 is 2.50 bits per heavy atom. The van der Waals surface area contributed by atoms with Crippen LogP contribution in [-0.4, -0.2) is 53.6 Å². The molecule has 2 aromatic carbocycles. The van der Waals surface area contributed by atoms with E-state index in [1.807, 2.05) is 12.1 Å². The van der Waals surface area contributed by atoms with Crippen molar-refractivity contribution < 1.29 is 19.1 Å². The Hall–Kier alpha value is -4.24. The van der Waals surface area contributed by atoms with Gasteiger partial charge in [0.1, 0.15) is 12.0 Å². The third-order valence-corrected chi connectivity index (χ3v) is 5.69. The molecule has 0 saturated heterocycles. The summed E-state index contributed by atoms with van der Waals surface area (Å²) in [4.78, 5) is 42.6. The summed E-state index contributed by atoms with van der Waals surface area (Å²) in [6.07, 6.45) is 3.13. The van der Waals surface area contributed by atoms with Gasteiger partial charge in [0, 0.05) is 30.9 Å². The van der Waals surface area contributed by atoms with Crippen LogP contribution in [0.5, 0.6) is 0 Å². The second-order valence-electron chi connectivity index (χ2n) is 7.34. The van der Waals surface area contributed by atoms with E-state index >= 15 is 0 Å². The van der Waals surface area contributed by atoms with E-state index in [0.717, 1.165) is 11.1 Å². The summed E-state index contributed by atoms with van der Waals surface area (Å²) >= 11 is 6.09. The molecule has 34 heavy (non-hydrogen) atoms. The lowest BCUT2D eigenvalue weighted by Gasteiger charge is -2.18. The number of aromatic nitrogens is 3. The molecule has 0 aliphatic heterocycles. The van der Waals surface area contributed by atoms with Crippen molar-refractivity contribution in [3.63, 3.8) is 0 Å². The number of rotatable bonds is 5. The van der Waals surface area contributed by atoms with Gasteiger partial charge >= 0.3 is 5.97 Å². The first-order chi connectivity index (χ1) is 16.3. The fourth-order valence-corrected chi connectivity index (χ4v) is 3.65. The van der Waals surface area contributed by atoms with Crippen LogP contribution >= 0.6 is 11.6 Å². The van der Waals surface area contributed by atoms with E-state index in [0.29, 0.717) is 16.8 Å². The molecule has 0 radical (unpaired) electrons. The number of esters is 1. The maximum atomic E-state index is 13.2. The lowest BCUT2D eigenvalue weighted by Crippen LogP contribution is -2.27. The number of methoxy groups -OCH3 is 1. The minimum absolute atomic E-state index is 0.156. The third kappa shape index (κ3) is 4.20. The van der Waals surface area contributed by atoms with E-state index in [1.165, 1.54) is 30.5 Å². The van der Waals surface area contributed by atoms with Gasteiger partial charge in [0.05, 0.1) is 29.4 Å². The molecule has 9 nitrogen and oxygen atoms in total. The molecule has 0 saturated carbocycles. The Morgan fingerprint density at radius 2 is 1.82 bits per heavy atom. The van der Waals surface area contributed by atoms with Crippen molar-refractivity contribution in [1.82, 2.24) is 19.9 Å². The van der Waals surface area contributed by atoms with Gasteiger partial charge in [-0.05, 0) is 42.0 Å². The van der Waals surface area contributed by atoms with Crippen LogP contribution in [0, 0.1) is 0 Å². The molecule has 0 aliphatic carbocycles. The number of ether oxygens (including phenoxy) is 1. The molecule has 0 fully saturated rings. The molecule has 2 amide bonds. The molecule has 0 aliphatic rings. The second-order valence-corrected chi connectivity index (χ2v) is 7.75. The standard InChI is InChI=1S/C24H20ClN5O4/c1-26-22(31)15-6-4-14(5-7-15)18-12-28-30-13-27-20(11-21(18)30)23(32)29(2)16-8-9-19(25)17(10-16)24(33)34-3/h4-13H,1-3H3,(H,26,31). The number of hydrogen-bond acceptors (Lipinski definition) is 6. The van der Waals surface area contributed by atoms with Crippen LogP contribution in [0.25, 0.3) is 16.6 Å². The number of nitrogens with zero attached hydrogens (tertiary/aromatic N) is 4. The van der Waals surface area contributed by atoms with Crippen molar-refractivity contribution in [2.75, 3.05) is 26.1 Å². The van der Waals surface area contributed by atoms with Crippen LogP contribution in [0.3, 0.4) is 0 Å². The average Bonchev–Trinajstić information content (AvgIpc) is 3.30. The summed E-state index contributed by atoms with van der Waals surface area (Å²) in [5, 5.41) is 7.12. The average molecular weight is 478 g/mol. The number of hydrogen-bond donors (Lipinski definition) is 1. The number of anilines is 1. The molecule has 1 N–H and O–H groups in total. The molecule has 0 spiro atoms.